The first-order valence-corrected chi connectivity index (χ1v) is 6.56. The van der Waals surface area contributed by atoms with E-state index < -0.39 is 0 Å². The van der Waals surface area contributed by atoms with Gasteiger partial charge in [-0.1, -0.05) is 19.3 Å². The minimum atomic E-state index is -0.0263. The molecule has 0 aromatic heterocycles. The highest BCUT2D eigenvalue weighted by Gasteiger charge is 2.32. The third-order valence-electron chi connectivity index (χ3n) is 4.01. The molecule has 2 rings (SSSR count). The summed E-state index contributed by atoms with van der Waals surface area (Å²) in [5, 5.41) is 0. The van der Waals surface area contributed by atoms with Crippen LogP contribution in [0.15, 0.2) is 0 Å². The molecule has 1 heterocycles. The molecule has 2 N–H and O–H groups in total. The fraction of sp³-hybridized carbons (Fsp3) is 1.00. The Morgan fingerprint density at radius 1 is 1.13 bits per heavy atom. The van der Waals surface area contributed by atoms with Crippen LogP contribution in [0.4, 0.5) is 0 Å². The van der Waals surface area contributed by atoms with Crippen molar-refractivity contribution in [3.05, 3.63) is 0 Å². The zero-order valence-corrected chi connectivity index (χ0v) is 10.3. The molecule has 1 saturated carbocycles. The van der Waals surface area contributed by atoms with Crippen molar-refractivity contribution >= 4 is 0 Å². The second-order valence-electron chi connectivity index (χ2n) is 6.32. The molecule has 1 aliphatic heterocycles. The van der Waals surface area contributed by atoms with E-state index in [1.54, 1.807) is 0 Å². The molecule has 2 heteroatoms. The van der Waals surface area contributed by atoms with E-state index in [0.717, 1.165) is 18.4 Å². The van der Waals surface area contributed by atoms with Crippen LogP contribution < -0.4 is 5.73 Å². The highest BCUT2D eigenvalue weighted by Crippen LogP contribution is 2.36. The van der Waals surface area contributed by atoms with Crippen molar-refractivity contribution < 1.29 is 0 Å². The van der Waals surface area contributed by atoms with Crippen LogP contribution in [0.1, 0.15) is 46.0 Å². The molecule has 2 nitrogen and oxygen atoms in total. The van der Waals surface area contributed by atoms with E-state index in [1.165, 1.54) is 45.2 Å². The van der Waals surface area contributed by atoms with Gasteiger partial charge < -0.3 is 10.6 Å². The van der Waals surface area contributed by atoms with E-state index in [-0.39, 0.29) is 5.54 Å². The van der Waals surface area contributed by atoms with Crippen molar-refractivity contribution in [2.24, 2.45) is 17.6 Å². The Labute approximate surface area is 94.2 Å². The molecule has 1 saturated heterocycles. The molecule has 0 radical (unpaired) electrons. The third-order valence-corrected chi connectivity index (χ3v) is 4.01. The van der Waals surface area contributed by atoms with E-state index in [0.29, 0.717) is 0 Å². The van der Waals surface area contributed by atoms with E-state index in [9.17, 15) is 0 Å². The number of likely N-dealkylation sites (tertiary alicyclic amines) is 1. The molecule has 0 spiro atoms. The molecule has 2 atom stereocenters. The molecule has 0 aromatic rings. The van der Waals surface area contributed by atoms with Gasteiger partial charge in [0.25, 0.3) is 0 Å². The Bertz CT molecular complexity index is 207. The first-order valence-electron chi connectivity index (χ1n) is 6.56. The summed E-state index contributed by atoms with van der Waals surface area (Å²) in [5.41, 5.74) is 6.07. The number of hydrogen-bond donors (Lipinski definition) is 1. The molecule has 15 heavy (non-hydrogen) atoms. The van der Waals surface area contributed by atoms with E-state index in [4.69, 9.17) is 5.73 Å². The SMILES string of the molecule is CC(C)(N)CN1CCC2CCCCC2C1. The summed E-state index contributed by atoms with van der Waals surface area (Å²) < 4.78 is 0. The molecule has 0 bridgehead atoms. The van der Waals surface area contributed by atoms with Crippen molar-refractivity contribution in [2.45, 2.75) is 51.5 Å². The van der Waals surface area contributed by atoms with Gasteiger partial charge in [0.1, 0.15) is 0 Å². The van der Waals surface area contributed by atoms with Crippen LogP contribution in [0.5, 0.6) is 0 Å². The van der Waals surface area contributed by atoms with Crippen LogP contribution >= 0.6 is 0 Å². The Hall–Kier alpha value is -0.0800. The summed E-state index contributed by atoms with van der Waals surface area (Å²) in [7, 11) is 0. The van der Waals surface area contributed by atoms with Crippen LogP contribution in [-0.4, -0.2) is 30.1 Å². The van der Waals surface area contributed by atoms with Gasteiger partial charge >= 0.3 is 0 Å². The maximum atomic E-state index is 6.09. The largest absolute Gasteiger partial charge is 0.324 e. The minimum absolute atomic E-state index is 0.0263. The Balaban J connectivity index is 1.85. The average Bonchev–Trinajstić information content (AvgIpc) is 2.15. The van der Waals surface area contributed by atoms with Crippen LogP contribution in [-0.2, 0) is 0 Å². The average molecular weight is 210 g/mol. The smallest absolute Gasteiger partial charge is 0.0226 e. The number of rotatable bonds is 2. The summed E-state index contributed by atoms with van der Waals surface area (Å²) >= 11 is 0. The van der Waals surface area contributed by atoms with Gasteiger partial charge in [0.2, 0.25) is 0 Å². The summed E-state index contributed by atoms with van der Waals surface area (Å²) in [6, 6.07) is 0. The highest BCUT2D eigenvalue weighted by molar-refractivity contribution is 4.86. The zero-order chi connectivity index (χ0) is 10.9. The van der Waals surface area contributed by atoms with Gasteiger partial charge in [0.05, 0.1) is 0 Å². The van der Waals surface area contributed by atoms with Gasteiger partial charge in [0, 0.05) is 18.6 Å². The highest BCUT2D eigenvalue weighted by atomic mass is 15.2. The van der Waals surface area contributed by atoms with Gasteiger partial charge in [-0.2, -0.15) is 0 Å². The molecular weight excluding hydrogens is 184 g/mol. The second-order valence-corrected chi connectivity index (χ2v) is 6.32. The fourth-order valence-corrected chi connectivity index (χ4v) is 3.40. The lowest BCUT2D eigenvalue weighted by Gasteiger charge is -2.43. The van der Waals surface area contributed by atoms with Crippen molar-refractivity contribution in [3.63, 3.8) is 0 Å². The maximum Gasteiger partial charge on any atom is 0.0226 e. The van der Waals surface area contributed by atoms with E-state index >= 15 is 0 Å². The van der Waals surface area contributed by atoms with Crippen molar-refractivity contribution in [1.82, 2.24) is 4.90 Å². The third kappa shape index (κ3) is 3.18. The first-order chi connectivity index (χ1) is 7.04. The van der Waals surface area contributed by atoms with Crippen molar-refractivity contribution in [3.8, 4) is 0 Å². The predicted octanol–water partition coefficient (Wildman–Crippen LogP) is 2.24. The normalized spacial score (nSPS) is 33.8. The zero-order valence-electron chi connectivity index (χ0n) is 10.3. The molecular formula is C13H26N2. The number of nitrogens with zero attached hydrogens (tertiary/aromatic N) is 1. The van der Waals surface area contributed by atoms with Crippen LogP contribution in [0.25, 0.3) is 0 Å². The molecule has 0 aromatic carbocycles. The van der Waals surface area contributed by atoms with Gasteiger partial charge in [-0.3, -0.25) is 0 Å². The van der Waals surface area contributed by atoms with Crippen molar-refractivity contribution in [1.29, 1.82) is 0 Å². The molecule has 88 valence electrons. The molecule has 0 amide bonds. The Morgan fingerprint density at radius 2 is 1.80 bits per heavy atom. The van der Waals surface area contributed by atoms with Gasteiger partial charge in [0.15, 0.2) is 0 Å². The van der Waals surface area contributed by atoms with E-state index in [1.807, 2.05) is 0 Å². The lowest BCUT2D eigenvalue weighted by Crippen LogP contribution is -2.50. The summed E-state index contributed by atoms with van der Waals surface area (Å²) in [6.45, 7) is 7.93. The number of hydrogen-bond acceptors (Lipinski definition) is 2. The summed E-state index contributed by atoms with van der Waals surface area (Å²) in [6.07, 6.45) is 7.31. The van der Waals surface area contributed by atoms with Crippen LogP contribution in [0, 0.1) is 11.8 Å². The Kier molecular flexibility index (Phi) is 3.36. The monoisotopic (exact) mass is 210 g/mol. The number of nitrogens with two attached hydrogens (primary N) is 1. The lowest BCUT2D eigenvalue weighted by molar-refractivity contribution is 0.0748. The van der Waals surface area contributed by atoms with Gasteiger partial charge in [-0.25, -0.2) is 0 Å². The number of fused-ring (bicyclic) bond motifs is 1. The Morgan fingerprint density at radius 3 is 2.47 bits per heavy atom. The van der Waals surface area contributed by atoms with Crippen LogP contribution in [0.2, 0.25) is 0 Å². The standard InChI is InChI=1S/C13H26N2/c1-13(2,14)10-15-8-7-11-5-3-4-6-12(11)9-15/h11-12H,3-10,14H2,1-2H3. The maximum absolute atomic E-state index is 6.09. The molecule has 2 unspecified atom stereocenters. The van der Waals surface area contributed by atoms with Crippen molar-refractivity contribution in [2.75, 3.05) is 19.6 Å². The number of piperidine rings is 1. The topological polar surface area (TPSA) is 29.3 Å². The van der Waals surface area contributed by atoms with Crippen LogP contribution in [0.3, 0.4) is 0 Å². The minimum Gasteiger partial charge on any atom is -0.324 e. The predicted molar refractivity (Wildman–Crippen MR) is 64.8 cm³/mol. The molecule has 2 fully saturated rings. The fourth-order valence-electron chi connectivity index (χ4n) is 3.40. The van der Waals surface area contributed by atoms with Gasteiger partial charge in [-0.15, -0.1) is 0 Å². The molecule has 2 aliphatic rings. The van der Waals surface area contributed by atoms with E-state index in [2.05, 4.69) is 18.7 Å². The second kappa shape index (κ2) is 4.42. The van der Waals surface area contributed by atoms with Gasteiger partial charge in [-0.05, 0) is 45.1 Å². The first kappa shape index (κ1) is 11.4. The lowest BCUT2D eigenvalue weighted by atomic mass is 9.75. The molecule has 1 aliphatic carbocycles. The summed E-state index contributed by atoms with van der Waals surface area (Å²) in [5.74, 6) is 2.02. The summed E-state index contributed by atoms with van der Waals surface area (Å²) in [4.78, 5) is 2.59. The quantitative estimate of drug-likeness (QED) is 0.757.